The van der Waals surface area contributed by atoms with Gasteiger partial charge in [-0.05, 0) is 18.2 Å². The van der Waals surface area contributed by atoms with Crippen molar-refractivity contribution < 1.29 is 17.6 Å². The van der Waals surface area contributed by atoms with Crippen LogP contribution in [0, 0.1) is 5.82 Å². The van der Waals surface area contributed by atoms with Crippen LogP contribution >= 0.6 is 11.6 Å². The molecule has 17 heavy (non-hydrogen) atoms. The fourth-order valence-electron chi connectivity index (χ4n) is 1.08. The third-order valence-corrected chi connectivity index (χ3v) is 3.14. The van der Waals surface area contributed by atoms with Crippen LogP contribution in [0.25, 0.3) is 0 Å². The first kappa shape index (κ1) is 13.9. The van der Waals surface area contributed by atoms with Gasteiger partial charge in [-0.25, -0.2) is 12.8 Å². The van der Waals surface area contributed by atoms with Crippen LogP contribution in [0.5, 0.6) is 0 Å². The minimum atomic E-state index is -3.17. The summed E-state index contributed by atoms with van der Waals surface area (Å²) in [5.74, 6) is -1.27. The van der Waals surface area contributed by atoms with Gasteiger partial charge < -0.3 is 5.32 Å². The molecule has 94 valence electrons. The van der Waals surface area contributed by atoms with E-state index in [0.29, 0.717) is 5.69 Å². The molecule has 0 aromatic heterocycles. The average Bonchev–Trinajstić information content (AvgIpc) is 2.20. The Labute approximate surface area is 104 Å². The Balaban J connectivity index is 2.59. The summed E-state index contributed by atoms with van der Waals surface area (Å²) in [5, 5.41) is 2.32. The molecule has 0 aliphatic carbocycles. The van der Waals surface area contributed by atoms with Gasteiger partial charge in [0.1, 0.15) is 15.7 Å². The Morgan fingerprint density at radius 3 is 2.65 bits per heavy atom. The molecular formula is C10H11ClFNO3S. The van der Waals surface area contributed by atoms with Gasteiger partial charge in [0, 0.05) is 18.4 Å². The number of carbonyl (C=O) groups excluding carboxylic acids is 1. The summed E-state index contributed by atoms with van der Waals surface area (Å²) in [5.41, 5.74) is 0.329. The van der Waals surface area contributed by atoms with Gasteiger partial charge in [-0.2, -0.15) is 0 Å². The van der Waals surface area contributed by atoms with Crippen LogP contribution in [0.2, 0.25) is 5.02 Å². The van der Waals surface area contributed by atoms with Gasteiger partial charge in [-0.3, -0.25) is 4.79 Å². The van der Waals surface area contributed by atoms with Crippen molar-refractivity contribution in [3.05, 3.63) is 29.0 Å². The van der Waals surface area contributed by atoms with E-state index < -0.39 is 21.6 Å². The molecule has 0 fully saturated rings. The molecule has 0 unspecified atom stereocenters. The van der Waals surface area contributed by atoms with Crippen molar-refractivity contribution in [2.45, 2.75) is 6.42 Å². The fraction of sp³-hybridized carbons (Fsp3) is 0.300. The minimum Gasteiger partial charge on any atom is -0.326 e. The Morgan fingerprint density at radius 1 is 1.47 bits per heavy atom. The number of anilines is 1. The highest BCUT2D eigenvalue weighted by Crippen LogP contribution is 2.19. The van der Waals surface area contributed by atoms with Crippen molar-refractivity contribution in [2.75, 3.05) is 17.3 Å². The Morgan fingerprint density at radius 2 is 2.12 bits per heavy atom. The predicted octanol–water partition coefficient (Wildman–Crippen LogP) is 1.85. The maximum Gasteiger partial charge on any atom is 0.225 e. The van der Waals surface area contributed by atoms with Crippen LogP contribution in [-0.4, -0.2) is 26.3 Å². The molecule has 0 heterocycles. The zero-order chi connectivity index (χ0) is 13.1. The summed E-state index contributed by atoms with van der Waals surface area (Å²) < 4.78 is 34.5. The third-order valence-electron chi connectivity index (χ3n) is 1.90. The predicted molar refractivity (Wildman–Crippen MR) is 64.4 cm³/mol. The van der Waals surface area contributed by atoms with E-state index in [4.69, 9.17) is 11.6 Å². The van der Waals surface area contributed by atoms with Crippen molar-refractivity contribution in [2.24, 2.45) is 0 Å². The first-order valence-electron chi connectivity index (χ1n) is 4.70. The number of halogens is 2. The molecule has 0 saturated heterocycles. The molecule has 1 aromatic rings. The lowest BCUT2D eigenvalue weighted by atomic mass is 10.3. The number of sulfone groups is 1. The first-order chi connectivity index (χ1) is 7.78. The molecule has 1 rings (SSSR count). The summed E-state index contributed by atoms with van der Waals surface area (Å²) in [7, 11) is -3.17. The normalized spacial score (nSPS) is 11.2. The molecule has 0 spiro atoms. The van der Waals surface area contributed by atoms with Crippen LogP contribution in [0.4, 0.5) is 10.1 Å². The number of benzene rings is 1. The van der Waals surface area contributed by atoms with Crippen LogP contribution in [0.1, 0.15) is 6.42 Å². The Kier molecular flexibility index (Phi) is 4.47. The van der Waals surface area contributed by atoms with E-state index in [-0.39, 0.29) is 17.2 Å². The van der Waals surface area contributed by atoms with Crippen molar-refractivity contribution in [3.63, 3.8) is 0 Å². The highest BCUT2D eigenvalue weighted by Gasteiger charge is 2.09. The fourth-order valence-corrected chi connectivity index (χ4v) is 1.81. The van der Waals surface area contributed by atoms with Gasteiger partial charge in [-0.15, -0.1) is 0 Å². The Bertz CT molecular complexity index is 530. The number of carbonyl (C=O) groups is 1. The molecule has 4 nitrogen and oxygen atoms in total. The maximum atomic E-state index is 12.8. The topological polar surface area (TPSA) is 63.2 Å². The summed E-state index contributed by atoms with van der Waals surface area (Å²) in [6.07, 6.45) is 0.906. The maximum absolute atomic E-state index is 12.8. The van der Waals surface area contributed by atoms with Gasteiger partial charge >= 0.3 is 0 Å². The summed E-state index contributed by atoms with van der Waals surface area (Å²) in [6, 6.07) is 3.73. The second kappa shape index (κ2) is 5.46. The van der Waals surface area contributed by atoms with Gasteiger partial charge in [0.2, 0.25) is 5.91 Å². The van der Waals surface area contributed by atoms with Crippen LogP contribution < -0.4 is 5.32 Å². The van der Waals surface area contributed by atoms with Gasteiger partial charge in [-0.1, -0.05) is 11.6 Å². The van der Waals surface area contributed by atoms with Crippen molar-refractivity contribution in [1.82, 2.24) is 0 Å². The van der Waals surface area contributed by atoms with E-state index >= 15 is 0 Å². The molecule has 0 bridgehead atoms. The number of nitrogens with one attached hydrogen (secondary N) is 1. The lowest BCUT2D eigenvalue weighted by Crippen LogP contribution is -2.16. The van der Waals surface area contributed by atoms with Gasteiger partial charge in [0.05, 0.1) is 10.8 Å². The van der Waals surface area contributed by atoms with Crippen molar-refractivity contribution >= 4 is 33.0 Å². The van der Waals surface area contributed by atoms with Crippen molar-refractivity contribution in [3.8, 4) is 0 Å². The first-order valence-corrected chi connectivity index (χ1v) is 7.14. The van der Waals surface area contributed by atoms with Crippen LogP contribution in [0.3, 0.4) is 0 Å². The Hall–Kier alpha value is -1.14. The number of amides is 1. The molecule has 0 saturated carbocycles. The molecule has 1 aromatic carbocycles. The molecule has 0 aliphatic rings. The number of hydrogen-bond donors (Lipinski definition) is 1. The molecule has 0 atom stereocenters. The van der Waals surface area contributed by atoms with Crippen LogP contribution in [-0.2, 0) is 14.6 Å². The third kappa shape index (κ3) is 5.14. The molecule has 1 N–H and O–H groups in total. The van der Waals surface area contributed by atoms with Gasteiger partial charge in [0.15, 0.2) is 0 Å². The summed E-state index contributed by atoms with van der Waals surface area (Å²) >= 11 is 5.52. The van der Waals surface area contributed by atoms with E-state index in [2.05, 4.69) is 5.32 Å². The molecule has 0 aliphatic heterocycles. The van der Waals surface area contributed by atoms with E-state index in [1.807, 2.05) is 0 Å². The van der Waals surface area contributed by atoms with Crippen LogP contribution in [0.15, 0.2) is 18.2 Å². The molecule has 1 amide bonds. The SMILES string of the molecule is CS(=O)(=O)CCC(=O)Nc1ccc(F)c(Cl)c1. The van der Waals surface area contributed by atoms with Crippen molar-refractivity contribution in [1.29, 1.82) is 0 Å². The lowest BCUT2D eigenvalue weighted by molar-refractivity contribution is -0.115. The number of hydrogen-bond acceptors (Lipinski definition) is 3. The number of rotatable bonds is 4. The molecule has 7 heteroatoms. The van der Waals surface area contributed by atoms with E-state index in [0.717, 1.165) is 12.3 Å². The van der Waals surface area contributed by atoms with E-state index in [1.54, 1.807) is 0 Å². The quantitative estimate of drug-likeness (QED) is 0.915. The monoisotopic (exact) mass is 279 g/mol. The van der Waals surface area contributed by atoms with E-state index in [9.17, 15) is 17.6 Å². The molecule has 0 radical (unpaired) electrons. The highest BCUT2D eigenvalue weighted by molar-refractivity contribution is 7.90. The standard InChI is InChI=1S/C10H11ClFNO3S/c1-17(15,16)5-4-10(14)13-7-2-3-9(12)8(11)6-7/h2-3,6H,4-5H2,1H3,(H,13,14). The minimum absolute atomic E-state index is 0.106. The largest absolute Gasteiger partial charge is 0.326 e. The second-order valence-corrected chi connectivity index (χ2v) is 6.22. The second-order valence-electron chi connectivity index (χ2n) is 3.56. The highest BCUT2D eigenvalue weighted by atomic mass is 35.5. The summed E-state index contributed by atoms with van der Waals surface area (Å²) in [4.78, 5) is 11.3. The lowest BCUT2D eigenvalue weighted by Gasteiger charge is -2.05. The zero-order valence-corrected chi connectivity index (χ0v) is 10.6. The van der Waals surface area contributed by atoms with E-state index in [1.165, 1.54) is 12.1 Å². The summed E-state index contributed by atoms with van der Waals surface area (Å²) in [6.45, 7) is 0. The zero-order valence-electron chi connectivity index (χ0n) is 9.04. The average molecular weight is 280 g/mol. The smallest absolute Gasteiger partial charge is 0.225 e. The molecular weight excluding hydrogens is 269 g/mol. The van der Waals surface area contributed by atoms with Gasteiger partial charge in [0.25, 0.3) is 0 Å².